The molecule has 1 atom stereocenters. The summed E-state index contributed by atoms with van der Waals surface area (Å²) in [6.07, 6.45) is 3.88. The molecule has 1 aliphatic heterocycles. The zero-order chi connectivity index (χ0) is 14.1. The number of hydrogen-bond donors (Lipinski definition) is 0. The first-order valence-electron chi connectivity index (χ1n) is 7.41. The lowest BCUT2D eigenvalue weighted by Gasteiger charge is -2.36. The lowest BCUT2D eigenvalue weighted by molar-refractivity contribution is 0.419. The van der Waals surface area contributed by atoms with Crippen molar-refractivity contribution in [1.82, 2.24) is 4.98 Å². The van der Waals surface area contributed by atoms with Gasteiger partial charge in [0.05, 0.1) is 7.11 Å². The molecule has 1 saturated heterocycles. The number of pyridine rings is 1. The van der Waals surface area contributed by atoms with Crippen LogP contribution in [0.4, 0.5) is 5.69 Å². The summed E-state index contributed by atoms with van der Waals surface area (Å²) in [5.41, 5.74) is 3.33. The summed E-state index contributed by atoms with van der Waals surface area (Å²) in [6, 6.07) is 9.00. The normalized spacial score (nSPS) is 19.4. The average molecular weight is 270 g/mol. The van der Waals surface area contributed by atoms with E-state index in [0.717, 1.165) is 23.5 Å². The Hall–Kier alpha value is -1.77. The number of methoxy groups -OCH3 is 1. The maximum atomic E-state index is 5.47. The van der Waals surface area contributed by atoms with Gasteiger partial charge >= 0.3 is 0 Å². The second kappa shape index (κ2) is 5.31. The molecule has 20 heavy (non-hydrogen) atoms. The number of para-hydroxylation sites is 1. The van der Waals surface area contributed by atoms with Crippen LogP contribution in [0.1, 0.15) is 31.9 Å². The van der Waals surface area contributed by atoms with Crippen LogP contribution >= 0.6 is 0 Å². The van der Waals surface area contributed by atoms with Gasteiger partial charge in [-0.25, -0.2) is 4.98 Å². The Bertz CT molecular complexity index is 624. The summed E-state index contributed by atoms with van der Waals surface area (Å²) in [4.78, 5) is 7.20. The first-order chi connectivity index (χ1) is 9.70. The summed E-state index contributed by atoms with van der Waals surface area (Å²) in [5, 5.41) is 1.20. The fourth-order valence-corrected chi connectivity index (χ4v) is 3.19. The number of hydrogen-bond acceptors (Lipinski definition) is 3. The van der Waals surface area contributed by atoms with Crippen LogP contribution in [0.5, 0.6) is 5.75 Å². The molecule has 1 aromatic heterocycles. The maximum Gasteiger partial charge on any atom is 0.145 e. The minimum atomic E-state index is 0.597. The topological polar surface area (TPSA) is 25.4 Å². The third-order valence-corrected chi connectivity index (χ3v) is 4.24. The van der Waals surface area contributed by atoms with E-state index in [-0.39, 0.29) is 0 Å². The number of aryl methyl sites for hydroxylation is 1. The smallest absolute Gasteiger partial charge is 0.145 e. The molecular weight excluding hydrogens is 248 g/mol. The van der Waals surface area contributed by atoms with Crippen molar-refractivity contribution in [2.75, 3.05) is 18.6 Å². The molecule has 3 heteroatoms. The molecule has 1 fully saturated rings. The van der Waals surface area contributed by atoms with Crippen LogP contribution in [0.3, 0.4) is 0 Å². The van der Waals surface area contributed by atoms with Gasteiger partial charge in [0.15, 0.2) is 0 Å². The first-order valence-corrected chi connectivity index (χ1v) is 7.41. The predicted octanol–water partition coefficient (Wildman–Crippen LogP) is 3.93. The average Bonchev–Trinajstić information content (AvgIpc) is 2.46. The van der Waals surface area contributed by atoms with Gasteiger partial charge in [-0.2, -0.15) is 0 Å². The molecule has 0 unspecified atom stereocenters. The number of nitrogens with zero attached hydrogens (tertiary/aromatic N) is 2. The number of rotatable bonds is 2. The zero-order valence-electron chi connectivity index (χ0n) is 12.5. The Morgan fingerprint density at radius 3 is 2.90 bits per heavy atom. The predicted molar refractivity (Wildman–Crippen MR) is 83.7 cm³/mol. The minimum absolute atomic E-state index is 0.597. The van der Waals surface area contributed by atoms with Gasteiger partial charge in [0, 0.05) is 29.4 Å². The van der Waals surface area contributed by atoms with E-state index in [2.05, 4.69) is 41.9 Å². The maximum absolute atomic E-state index is 5.47. The second-order valence-electron chi connectivity index (χ2n) is 5.68. The summed E-state index contributed by atoms with van der Waals surface area (Å²) in [7, 11) is 1.71. The number of aromatic nitrogens is 1. The third kappa shape index (κ3) is 2.21. The van der Waals surface area contributed by atoms with Crippen LogP contribution in [0.25, 0.3) is 10.9 Å². The van der Waals surface area contributed by atoms with E-state index in [1.807, 2.05) is 6.07 Å². The van der Waals surface area contributed by atoms with Crippen molar-refractivity contribution in [3.05, 3.63) is 30.0 Å². The molecule has 0 amide bonds. The van der Waals surface area contributed by atoms with Crippen molar-refractivity contribution < 1.29 is 4.74 Å². The van der Waals surface area contributed by atoms with E-state index in [9.17, 15) is 0 Å². The van der Waals surface area contributed by atoms with Gasteiger partial charge in [0.2, 0.25) is 0 Å². The minimum Gasteiger partial charge on any atom is -0.494 e. The van der Waals surface area contributed by atoms with E-state index in [1.165, 1.54) is 30.3 Å². The van der Waals surface area contributed by atoms with E-state index in [0.29, 0.717) is 6.04 Å². The summed E-state index contributed by atoms with van der Waals surface area (Å²) >= 11 is 0. The lowest BCUT2D eigenvalue weighted by atomic mass is 10.0. The van der Waals surface area contributed by atoms with Gasteiger partial charge in [0.1, 0.15) is 11.3 Å². The fourth-order valence-electron chi connectivity index (χ4n) is 3.19. The molecule has 0 saturated carbocycles. The third-order valence-electron chi connectivity index (χ3n) is 4.24. The van der Waals surface area contributed by atoms with E-state index < -0.39 is 0 Å². The molecule has 1 aromatic carbocycles. The van der Waals surface area contributed by atoms with E-state index in [1.54, 1.807) is 7.11 Å². The molecule has 2 aromatic rings. The first kappa shape index (κ1) is 13.2. The molecule has 106 valence electrons. The zero-order valence-corrected chi connectivity index (χ0v) is 12.5. The molecule has 0 spiro atoms. The number of anilines is 1. The monoisotopic (exact) mass is 270 g/mol. The van der Waals surface area contributed by atoms with Crippen LogP contribution in [0.15, 0.2) is 24.3 Å². The largest absolute Gasteiger partial charge is 0.494 e. The van der Waals surface area contributed by atoms with Crippen LogP contribution in [0.2, 0.25) is 0 Å². The quantitative estimate of drug-likeness (QED) is 0.826. The Balaban J connectivity index is 2.19. The van der Waals surface area contributed by atoms with Crippen LogP contribution in [-0.4, -0.2) is 24.7 Å². The van der Waals surface area contributed by atoms with Crippen molar-refractivity contribution in [2.24, 2.45) is 0 Å². The van der Waals surface area contributed by atoms with Crippen molar-refractivity contribution in [3.63, 3.8) is 0 Å². The Morgan fingerprint density at radius 1 is 1.30 bits per heavy atom. The molecule has 0 aliphatic carbocycles. The van der Waals surface area contributed by atoms with Gasteiger partial charge < -0.3 is 9.64 Å². The molecule has 3 rings (SSSR count). The van der Waals surface area contributed by atoms with Crippen molar-refractivity contribution >= 4 is 16.6 Å². The summed E-state index contributed by atoms with van der Waals surface area (Å²) in [5.74, 6) is 0.858. The highest BCUT2D eigenvalue weighted by atomic mass is 16.5. The molecule has 0 N–H and O–H groups in total. The Morgan fingerprint density at radius 2 is 2.15 bits per heavy atom. The number of piperidine rings is 1. The van der Waals surface area contributed by atoms with Gasteiger partial charge in [-0.15, -0.1) is 0 Å². The summed E-state index contributed by atoms with van der Waals surface area (Å²) < 4.78 is 5.47. The van der Waals surface area contributed by atoms with Gasteiger partial charge in [-0.3, -0.25) is 0 Å². The lowest BCUT2D eigenvalue weighted by Crippen LogP contribution is -2.37. The highest BCUT2D eigenvalue weighted by Gasteiger charge is 2.21. The standard InChI is InChI=1S/C17H22N2O/c1-12-11-15(19-10-5-4-7-13(19)2)14-8-6-9-16(20-3)17(14)18-12/h6,8-9,11,13H,4-5,7,10H2,1-3H3/t13-/m1/s1. The van der Waals surface area contributed by atoms with Gasteiger partial charge in [-0.05, 0) is 45.2 Å². The van der Waals surface area contributed by atoms with Crippen LogP contribution < -0.4 is 9.64 Å². The SMILES string of the molecule is COc1cccc2c(N3CCCC[C@H]3C)cc(C)nc12. The molecule has 1 aliphatic rings. The fraction of sp³-hybridized carbons (Fsp3) is 0.471. The van der Waals surface area contributed by atoms with Crippen LogP contribution in [0, 0.1) is 6.92 Å². The highest BCUT2D eigenvalue weighted by molar-refractivity contribution is 5.95. The highest BCUT2D eigenvalue weighted by Crippen LogP contribution is 2.34. The number of fused-ring (bicyclic) bond motifs is 1. The Labute approximate surface area is 120 Å². The number of ether oxygens (including phenoxy) is 1. The van der Waals surface area contributed by atoms with Crippen molar-refractivity contribution in [3.8, 4) is 5.75 Å². The second-order valence-corrected chi connectivity index (χ2v) is 5.68. The van der Waals surface area contributed by atoms with E-state index >= 15 is 0 Å². The molecular formula is C17H22N2O. The van der Waals surface area contributed by atoms with Crippen LogP contribution in [-0.2, 0) is 0 Å². The van der Waals surface area contributed by atoms with Crippen molar-refractivity contribution in [1.29, 1.82) is 0 Å². The van der Waals surface area contributed by atoms with E-state index in [4.69, 9.17) is 4.74 Å². The van der Waals surface area contributed by atoms with Crippen molar-refractivity contribution in [2.45, 2.75) is 39.2 Å². The number of benzene rings is 1. The molecule has 2 heterocycles. The molecule has 0 bridgehead atoms. The van der Waals surface area contributed by atoms with Gasteiger partial charge in [-0.1, -0.05) is 12.1 Å². The molecule has 3 nitrogen and oxygen atoms in total. The summed E-state index contributed by atoms with van der Waals surface area (Å²) in [6.45, 7) is 5.52. The Kier molecular flexibility index (Phi) is 3.51. The van der Waals surface area contributed by atoms with Gasteiger partial charge in [0.25, 0.3) is 0 Å². The molecule has 0 radical (unpaired) electrons.